The van der Waals surface area contributed by atoms with E-state index in [9.17, 15) is 4.79 Å². The Morgan fingerprint density at radius 3 is 3.00 bits per heavy atom. The van der Waals surface area contributed by atoms with Crippen LogP contribution in [0.2, 0.25) is 0 Å². The van der Waals surface area contributed by atoms with Crippen LogP contribution in [0.3, 0.4) is 0 Å². The molecule has 2 aliphatic rings. The number of carbonyl (C=O) groups is 1. The molecule has 2 aromatic heterocycles. The third-order valence-electron chi connectivity index (χ3n) is 5.62. The number of hydrogen-bond acceptors (Lipinski definition) is 3. The monoisotopic (exact) mass is 356 g/mol. The highest BCUT2D eigenvalue weighted by atomic mass is 16.2. The minimum absolute atomic E-state index is 0.115. The van der Waals surface area contributed by atoms with Crippen LogP contribution >= 0.6 is 0 Å². The number of nitrogens with zero attached hydrogens (tertiary/aromatic N) is 4. The molecule has 2 N–H and O–H groups in total. The summed E-state index contributed by atoms with van der Waals surface area (Å²) in [6.45, 7) is 4.22. The molecule has 0 fully saturated rings. The van der Waals surface area contributed by atoms with Crippen LogP contribution in [0.4, 0.5) is 4.79 Å². The Hall–Kier alpha value is -2.31. The van der Waals surface area contributed by atoms with Gasteiger partial charge in [-0.3, -0.25) is 4.68 Å². The zero-order valence-electron chi connectivity index (χ0n) is 15.7. The van der Waals surface area contributed by atoms with E-state index in [1.165, 1.54) is 24.1 Å². The van der Waals surface area contributed by atoms with E-state index < -0.39 is 0 Å². The number of fused-ring (bicyclic) bond motifs is 2. The molecule has 0 saturated carbocycles. The first-order valence-corrected chi connectivity index (χ1v) is 9.71. The van der Waals surface area contributed by atoms with Gasteiger partial charge in [-0.15, -0.1) is 0 Å². The molecule has 0 aromatic carbocycles. The quantitative estimate of drug-likeness (QED) is 0.881. The Balaban J connectivity index is 1.32. The Morgan fingerprint density at radius 2 is 2.12 bits per heavy atom. The first kappa shape index (κ1) is 17.1. The summed E-state index contributed by atoms with van der Waals surface area (Å²) < 4.78 is 4.15. The molecule has 0 bridgehead atoms. The molecule has 4 rings (SSSR count). The minimum Gasteiger partial charge on any atom is -0.337 e. The van der Waals surface area contributed by atoms with Crippen molar-refractivity contribution in [3.8, 4) is 0 Å². The summed E-state index contributed by atoms with van der Waals surface area (Å²) in [4.78, 5) is 16.9. The molecule has 140 valence electrons. The lowest BCUT2D eigenvalue weighted by Gasteiger charge is -2.23. The van der Waals surface area contributed by atoms with Crippen LogP contribution < -0.4 is 10.6 Å². The van der Waals surface area contributed by atoms with Crippen molar-refractivity contribution >= 4 is 6.03 Å². The molecule has 3 heterocycles. The van der Waals surface area contributed by atoms with Crippen molar-refractivity contribution in [2.45, 2.75) is 64.5 Å². The molecule has 7 heteroatoms. The molecule has 26 heavy (non-hydrogen) atoms. The molecule has 7 nitrogen and oxygen atoms in total. The molecule has 0 spiro atoms. The molecule has 0 saturated heterocycles. The summed E-state index contributed by atoms with van der Waals surface area (Å²) in [5.74, 6) is 1.41. The maximum Gasteiger partial charge on any atom is 0.315 e. The molecule has 0 radical (unpaired) electrons. The highest BCUT2D eigenvalue weighted by Crippen LogP contribution is 2.26. The second kappa shape index (κ2) is 7.13. The van der Waals surface area contributed by atoms with Crippen molar-refractivity contribution in [1.82, 2.24) is 30.0 Å². The van der Waals surface area contributed by atoms with Crippen LogP contribution in [0, 0.1) is 6.92 Å². The first-order valence-electron chi connectivity index (χ1n) is 9.71. The molecular formula is C19H28N6O. The Kier molecular flexibility index (Phi) is 4.70. The van der Waals surface area contributed by atoms with Gasteiger partial charge in [0, 0.05) is 32.3 Å². The van der Waals surface area contributed by atoms with E-state index in [2.05, 4.69) is 31.5 Å². The van der Waals surface area contributed by atoms with Crippen LogP contribution in [0.1, 0.15) is 60.1 Å². The van der Waals surface area contributed by atoms with Crippen LogP contribution in [-0.2, 0) is 33.0 Å². The minimum atomic E-state index is -0.115. The Morgan fingerprint density at radius 1 is 1.27 bits per heavy atom. The highest BCUT2D eigenvalue weighted by Gasteiger charge is 2.23. The van der Waals surface area contributed by atoms with E-state index >= 15 is 0 Å². The molecule has 1 aliphatic carbocycles. The first-order chi connectivity index (χ1) is 12.6. The summed E-state index contributed by atoms with van der Waals surface area (Å²) in [6.07, 6.45) is 8.88. The molecule has 1 unspecified atom stereocenters. The lowest BCUT2D eigenvalue weighted by molar-refractivity contribution is 0.238. The fraction of sp³-hybridized carbons (Fsp3) is 0.632. The summed E-state index contributed by atoms with van der Waals surface area (Å²) in [5.41, 5.74) is 4.74. The average Bonchev–Trinajstić information content (AvgIpc) is 3.16. The highest BCUT2D eigenvalue weighted by molar-refractivity contribution is 5.73. The number of urea groups is 1. The van der Waals surface area contributed by atoms with E-state index in [0.717, 1.165) is 49.4 Å². The molecular weight excluding hydrogens is 328 g/mol. The third-order valence-corrected chi connectivity index (χ3v) is 5.62. The van der Waals surface area contributed by atoms with Crippen molar-refractivity contribution in [2.75, 3.05) is 6.54 Å². The molecule has 2 amide bonds. The van der Waals surface area contributed by atoms with Crippen molar-refractivity contribution in [3.63, 3.8) is 0 Å². The standard InChI is InChI=1S/C19H28N6O/c1-13-12-25-9-5-6-14(18(25)22-13)10-20-19(26)21-11-17-15-7-3-4-8-16(15)23-24(17)2/h12,14H,3-11H2,1-2H3,(H2,20,21,26). The summed E-state index contributed by atoms with van der Waals surface area (Å²) >= 11 is 0. The maximum atomic E-state index is 12.3. The van der Waals surface area contributed by atoms with Gasteiger partial charge in [0.2, 0.25) is 0 Å². The van der Waals surface area contributed by atoms with Gasteiger partial charge in [-0.1, -0.05) is 0 Å². The zero-order valence-corrected chi connectivity index (χ0v) is 15.7. The van der Waals surface area contributed by atoms with Gasteiger partial charge in [0.25, 0.3) is 0 Å². The lowest BCUT2D eigenvalue weighted by Crippen LogP contribution is -2.39. The van der Waals surface area contributed by atoms with E-state index in [4.69, 9.17) is 0 Å². The number of nitrogens with one attached hydrogen (secondary N) is 2. The number of amides is 2. The van der Waals surface area contributed by atoms with Crippen molar-refractivity contribution in [1.29, 1.82) is 0 Å². The second-order valence-corrected chi connectivity index (χ2v) is 7.54. The van der Waals surface area contributed by atoms with Gasteiger partial charge in [-0.2, -0.15) is 5.10 Å². The van der Waals surface area contributed by atoms with Gasteiger partial charge in [0.05, 0.1) is 23.6 Å². The third kappa shape index (κ3) is 3.34. The SMILES string of the molecule is Cc1cn2c(n1)C(CNC(=O)NCc1c3c(nn1C)CCCC3)CCC2. The topological polar surface area (TPSA) is 76.8 Å². The molecule has 1 atom stereocenters. The summed E-state index contributed by atoms with van der Waals surface area (Å²) in [7, 11) is 1.97. The predicted octanol–water partition coefficient (Wildman–Crippen LogP) is 2.18. The number of rotatable bonds is 4. The van der Waals surface area contributed by atoms with Gasteiger partial charge in [0.15, 0.2) is 0 Å². The lowest BCUT2D eigenvalue weighted by atomic mass is 9.96. The van der Waals surface area contributed by atoms with Crippen molar-refractivity contribution in [2.24, 2.45) is 7.05 Å². The fourth-order valence-corrected chi connectivity index (χ4v) is 4.31. The Bertz CT molecular complexity index is 805. The second-order valence-electron chi connectivity index (χ2n) is 7.54. The van der Waals surface area contributed by atoms with Crippen molar-refractivity contribution < 1.29 is 4.79 Å². The van der Waals surface area contributed by atoms with Crippen LogP contribution in [-0.4, -0.2) is 31.9 Å². The van der Waals surface area contributed by atoms with Crippen LogP contribution in [0.15, 0.2) is 6.20 Å². The maximum absolute atomic E-state index is 12.3. The number of carbonyl (C=O) groups excluding carboxylic acids is 1. The van der Waals surface area contributed by atoms with Gasteiger partial charge < -0.3 is 15.2 Å². The zero-order chi connectivity index (χ0) is 18.1. The number of imidazole rings is 1. The van der Waals surface area contributed by atoms with E-state index in [1.807, 2.05) is 18.7 Å². The van der Waals surface area contributed by atoms with E-state index in [0.29, 0.717) is 19.0 Å². The summed E-state index contributed by atoms with van der Waals surface area (Å²) in [6, 6.07) is -0.115. The molecule has 1 aliphatic heterocycles. The smallest absolute Gasteiger partial charge is 0.315 e. The van der Waals surface area contributed by atoms with Crippen LogP contribution in [0.5, 0.6) is 0 Å². The van der Waals surface area contributed by atoms with Gasteiger partial charge in [-0.25, -0.2) is 9.78 Å². The van der Waals surface area contributed by atoms with Gasteiger partial charge in [0.1, 0.15) is 5.82 Å². The van der Waals surface area contributed by atoms with Crippen molar-refractivity contribution in [3.05, 3.63) is 34.7 Å². The predicted molar refractivity (Wildman–Crippen MR) is 99.0 cm³/mol. The number of hydrogen-bond donors (Lipinski definition) is 2. The largest absolute Gasteiger partial charge is 0.337 e. The van der Waals surface area contributed by atoms with E-state index in [1.54, 1.807) is 0 Å². The normalized spacial score (nSPS) is 18.9. The summed E-state index contributed by atoms with van der Waals surface area (Å²) in [5, 5.41) is 10.6. The van der Waals surface area contributed by atoms with E-state index in [-0.39, 0.29) is 6.03 Å². The fourth-order valence-electron chi connectivity index (χ4n) is 4.31. The Labute approximate surface area is 154 Å². The van der Waals surface area contributed by atoms with Gasteiger partial charge >= 0.3 is 6.03 Å². The van der Waals surface area contributed by atoms with Gasteiger partial charge in [-0.05, 0) is 51.0 Å². The number of aryl methyl sites for hydroxylation is 4. The van der Waals surface area contributed by atoms with Crippen LogP contribution in [0.25, 0.3) is 0 Å². The molecule has 2 aromatic rings. The average molecular weight is 356 g/mol. The number of aromatic nitrogens is 4.